The minimum Gasteiger partial charge on any atom is -0.507 e. The summed E-state index contributed by atoms with van der Waals surface area (Å²) in [6.45, 7) is 4.00. The molecule has 0 amide bonds. The average Bonchev–Trinajstić information content (AvgIpc) is 2.76. The third-order valence-corrected chi connectivity index (χ3v) is 5.72. The Morgan fingerprint density at radius 1 is 0.516 bits per heavy atom. The van der Waals surface area contributed by atoms with Crippen LogP contribution in [0.2, 0.25) is 0 Å². The second-order valence-corrected chi connectivity index (χ2v) is 8.35. The SMILES string of the molecule is Cc1cc(Cc2ccccc2)c(O)c(Cc2cc(C)c(O)c(Cc3ccccc3)c2)c1. The quantitative estimate of drug-likeness (QED) is 0.383. The van der Waals surface area contributed by atoms with Gasteiger partial charge in [-0.1, -0.05) is 90.5 Å². The lowest BCUT2D eigenvalue weighted by atomic mass is 9.93. The molecule has 0 heterocycles. The van der Waals surface area contributed by atoms with Crippen LogP contribution in [-0.4, -0.2) is 10.2 Å². The molecule has 2 N–H and O–H groups in total. The predicted octanol–water partition coefficient (Wildman–Crippen LogP) is 6.49. The molecule has 2 heteroatoms. The molecule has 2 nitrogen and oxygen atoms in total. The second kappa shape index (κ2) is 9.09. The van der Waals surface area contributed by atoms with E-state index in [9.17, 15) is 10.2 Å². The van der Waals surface area contributed by atoms with Crippen LogP contribution in [0, 0.1) is 13.8 Å². The molecule has 0 radical (unpaired) electrons. The summed E-state index contributed by atoms with van der Waals surface area (Å²) in [5.41, 5.74) is 8.21. The van der Waals surface area contributed by atoms with Crippen LogP contribution in [0.15, 0.2) is 84.9 Å². The lowest BCUT2D eigenvalue weighted by Gasteiger charge is -2.15. The molecular formula is C29H28O2. The normalized spacial score (nSPS) is 10.9. The number of hydrogen-bond donors (Lipinski definition) is 2. The van der Waals surface area contributed by atoms with Crippen molar-refractivity contribution in [3.63, 3.8) is 0 Å². The zero-order chi connectivity index (χ0) is 21.8. The fourth-order valence-electron chi connectivity index (χ4n) is 4.23. The number of aryl methyl sites for hydroxylation is 2. The molecule has 31 heavy (non-hydrogen) atoms. The molecule has 0 saturated carbocycles. The molecule has 0 bridgehead atoms. The molecule has 4 aromatic carbocycles. The first-order valence-electron chi connectivity index (χ1n) is 10.7. The summed E-state index contributed by atoms with van der Waals surface area (Å²) in [7, 11) is 0. The van der Waals surface area contributed by atoms with Gasteiger partial charge in [-0.05, 0) is 52.8 Å². The van der Waals surface area contributed by atoms with E-state index in [2.05, 4.69) is 49.4 Å². The first kappa shape index (κ1) is 20.7. The van der Waals surface area contributed by atoms with Crippen LogP contribution in [0.25, 0.3) is 0 Å². The Hall–Kier alpha value is -3.52. The van der Waals surface area contributed by atoms with Gasteiger partial charge in [0, 0.05) is 19.3 Å². The average molecular weight is 409 g/mol. The first-order valence-corrected chi connectivity index (χ1v) is 10.7. The highest BCUT2D eigenvalue weighted by Gasteiger charge is 2.13. The van der Waals surface area contributed by atoms with E-state index >= 15 is 0 Å². The molecule has 0 unspecified atom stereocenters. The predicted molar refractivity (Wildman–Crippen MR) is 127 cm³/mol. The summed E-state index contributed by atoms with van der Waals surface area (Å²) >= 11 is 0. The lowest BCUT2D eigenvalue weighted by molar-refractivity contribution is 0.462. The van der Waals surface area contributed by atoms with Crippen LogP contribution in [-0.2, 0) is 19.3 Å². The fraction of sp³-hybridized carbons (Fsp3) is 0.172. The molecule has 156 valence electrons. The van der Waals surface area contributed by atoms with Gasteiger partial charge >= 0.3 is 0 Å². The summed E-state index contributed by atoms with van der Waals surface area (Å²) in [5.74, 6) is 0.718. The third-order valence-electron chi connectivity index (χ3n) is 5.72. The van der Waals surface area contributed by atoms with E-state index in [1.54, 1.807) is 0 Å². The van der Waals surface area contributed by atoms with Crippen molar-refractivity contribution < 1.29 is 10.2 Å². The van der Waals surface area contributed by atoms with E-state index in [0.29, 0.717) is 30.8 Å². The Bertz CT molecular complexity index is 1180. The van der Waals surface area contributed by atoms with Gasteiger partial charge in [0.1, 0.15) is 11.5 Å². The van der Waals surface area contributed by atoms with Gasteiger partial charge in [0.25, 0.3) is 0 Å². The van der Waals surface area contributed by atoms with Crippen LogP contribution < -0.4 is 0 Å². The summed E-state index contributed by atoms with van der Waals surface area (Å²) in [6, 6.07) is 28.6. The number of rotatable bonds is 6. The zero-order valence-corrected chi connectivity index (χ0v) is 18.1. The molecule has 4 aromatic rings. The number of benzene rings is 4. The van der Waals surface area contributed by atoms with Crippen LogP contribution in [0.1, 0.15) is 44.5 Å². The summed E-state index contributed by atoms with van der Waals surface area (Å²) in [5, 5.41) is 21.6. The lowest BCUT2D eigenvalue weighted by Crippen LogP contribution is -1.99. The van der Waals surface area contributed by atoms with Crippen molar-refractivity contribution >= 4 is 0 Å². The van der Waals surface area contributed by atoms with E-state index in [-0.39, 0.29) is 0 Å². The van der Waals surface area contributed by atoms with E-state index < -0.39 is 0 Å². The van der Waals surface area contributed by atoms with Crippen molar-refractivity contribution in [1.29, 1.82) is 0 Å². The highest BCUT2D eigenvalue weighted by molar-refractivity contribution is 5.50. The Balaban J connectivity index is 1.64. The van der Waals surface area contributed by atoms with Crippen molar-refractivity contribution in [2.24, 2.45) is 0 Å². The van der Waals surface area contributed by atoms with Crippen molar-refractivity contribution in [3.8, 4) is 11.5 Å². The molecule has 0 atom stereocenters. The van der Waals surface area contributed by atoms with Crippen molar-refractivity contribution in [1.82, 2.24) is 0 Å². The molecule has 0 aliphatic rings. The number of hydrogen-bond acceptors (Lipinski definition) is 2. The van der Waals surface area contributed by atoms with E-state index in [0.717, 1.165) is 38.9 Å². The summed E-state index contributed by atoms with van der Waals surface area (Å²) in [6.07, 6.45) is 2.01. The molecule has 0 fully saturated rings. The Morgan fingerprint density at radius 2 is 0.968 bits per heavy atom. The Morgan fingerprint density at radius 3 is 1.48 bits per heavy atom. The topological polar surface area (TPSA) is 40.5 Å². The van der Waals surface area contributed by atoms with Crippen molar-refractivity contribution in [2.45, 2.75) is 33.1 Å². The van der Waals surface area contributed by atoms with Crippen molar-refractivity contribution in [2.75, 3.05) is 0 Å². The van der Waals surface area contributed by atoms with Gasteiger partial charge in [0.15, 0.2) is 0 Å². The van der Waals surface area contributed by atoms with Crippen LogP contribution in [0.3, 0.4) is 0 Å². The minimum absolute atomic E-state index is 0.353. The third kappa shape index (κ3) is 4.97. The minimum atomic E-state index is 0.353. The van der Waals surface area contributed by atoms with E-state index in [4.69, 9.17) is 0 Å². The summed E-state index contributed by atoms with van der Waals surface area (Å²) in [4.78, 5) is 0. The fourth-order valence-corrected chi connectivity index (χ4v) is 4.23. The van der Waals surface area contributed by atoms with Gasteiger partial charge in [-0.25, -0.2) is 0 Å². The molecular weight excluding hydrogens is 380 g/mol. The first-order chi connectivity index (χ1) is 15.0. The van der Waals surface area contributed by atoms with Crippen LogP contribution in [0.5, 0.6) is 11.5 Å². The molecule has 4 rings (SSSR count). The van der Waals surface area contributed by atoms with Gasteiger partial charge in [-0.2, -0.15) is 0 Å². The van der Waals surface area contributed by atoms with Crippen LogP contribution in [0.4, 0.5) is 0 Å². The second-order valence-electron chi connectivity index (χ2n) is 8.35. The number of aromatic hydroxyl groups is 2. The maximum Gasteiger partial charge on any atom is 0.122 e. The van der Waals surface area contributed by atoms with Gasteiger partial charge in [0.05, 0.1) is 0 Å². The Kier molecular flexibility index (Phi) is 6.08. The largest absolute Gasteiger partial charge is 0.507 e. The van der Waals surface area contributed by atoms with Gasteiger partial charge in [-0.15, -0.1) is 0 Å². The van der Waals surface area contributed by atoms with Gasteiger partial charge < -0.3 is 10.2 Å². The summed E-state index contributed by atoms with van der Waals surface area (Å²) < 4.78 is 0. The molecule has 0 aromatic heterocycles. The standard InChI is InChI=1S/C29H28O2/c1-20-13-25(16-22-9-5-3-6-10-22)29(31)26(14-20)18-24-15-21(2)28(30)27(19-24)17-23-11-7-4-8-12-23/h3-15,19,30-31H,16-18H2,1-2H3. The highest BCUT2D eigenvalue weighted by atomic mass is 16.3. The van der Waals surface area contributed by atoms with Crippen LogP contribution >= 0.6 is 0 Å². The smallest absolute Gasteiger partial charge is 0.122 e. The van der Waals surface area contributed by atoms with E-state index in [1.807, 2.05) is 49.4 Å². The number of phenols is 2. The van der Waals surface area contributed by atoms with E-state index in [1.165, 1.54) is 5.56 Å². The monoisotopic (exact) mass is 408 g/mol. The maximum atomic E-state index is 11.0. The highest BCUT2D eigenvalue weighted by Crippen LogP contribution is 2.32. The maximum absolute atomic E-state index is 11.0. The molecule has 0 aliphatic heterocycles. The van der Waals surface area contributed by atoms with Gasteiger partial charge in [0.2, 0.25) is 0 Å². The number of phenolic OH excluding ortho intramolecular Hbond substituents is 2. The molecule has 0 spiro atoms. The Labute approximate surface area is 184 Å². The molecule has 0 aliphatic carbocycles. The van der Waals surface area contributed by atoms with Gasteiger partial charge in [-0.3, -0.25) is 0 Å². The van der Waals surface area contributed by atoms with Crippen molar-refractivity contribution in [3.05, 3.63) is 129 Å². The zero-order valence-electron chi connectivity index (χ0n) is 18.1. The molecule has 0 saturated heterocycles.